The van der Waals surface area contributed by atoms with Gasteiger partial charge in [-0.25, -0.2) is 4.98 Å². The molecule has 0 aliphatic rings. The van der Waals surface area contributed by atoms with Crippen molar-refractivity contribution in [2.75, 3.05) is 5.32 Å². The maximum atomic E-state index is 9.50. The highest BCUT2D eigenvalue weighted by Crippen LogP contribution is 2.27. The van der Waals surface area contributed by atoms with Crippen LogP contribution in [0.15, 0.2) is 48.0 Å². The van der Waals surface area contributed by atoms with E-state index in [1.165, 1.54) is 22.5 Å². The van der Waals surface area contributed by atoms with Crippen molar-refractivity contribution in [3.05, 3.63) is 74.7 Å². The highest BCUT2D eigenvalue weighted by atomic mass is 35.5. The molecule has 0 fully saturated rings. The Bertz CT molecular complexity index is 1030. The summed E-state index contributed by atoms with van der Waals surface area (Å²) < 4.78 is 0. The molecule has 2 aromatic carbocycles. The Balaban J connectivity index is 1.84. The van der Waals surface area contributed by atoms with E-state index < -0.39 is 0 Å². The number of thiazole rings is 1. The van der Waals surface area contributed by atoms with Gasteiger partial charge in [-0.1, -0.05) is 29.8 Å². The second kappa shape index (κ2) is 7.74. The number of allylic oxidation sites excluding steroid dienone is 1. The van der Waals surface area contributed by atoms with Crippen LogP contribution in [0.25, 0.3) is 16.8 Å². The third-order valence-electron chi connectivity index (χ3n) is 4.21. The molecule has 1 heterocycles. The predicted octanol–water partition coefficient (Wildman–Crippen LogP) is 6.37. The lowest BCUT2D eigenvalue weighted by atomic mass is 10.1. The number of hydrogen-bond donors (Lipinski definition) is 1. The van der Waals surface area contributed by atoms with Gasteiger partial charge in [0, 0.05) is 27.9 Å². The highest BCUT2D eigenvalue weighted by molar-refractivity contribution is 7.11. The SMILES string of the molecule is Cc1ccc(-c2csc(C(C#N)=CNc3ccc(C)c(Cl)c3)n2)cc1C. The van der Waals surface area contributed by atoms with Gasteiger partial charge >= 0.3 is 0 Å². The lowest BCUT2D eigenvalue weighted by Gasteiger charge is -2.04. The second-order valence-electron chi connectivity index (χ2n) is 6.12. The molecule has 26 heavy (non-hydrogen) atoms. The molecule has 0 aliphatic heterocycles. The molecule has 0 amide bonds. The van der Waals surface area contributed by atoms with E-state index in [4.69, 9.17) is 11.6 Å². The zero-order chi connectivity index (χ0) is 18.7. The van der Waals surface area contributed by atoms with Crippen molar-refractivity contribution in [1.82, 2.24) is 4.98 Å². The Morgan fingerprint density at radius 3 is 2.58 bits per heavy atom. The Labute approximate surface area is 162 Å². The number of hydrogen-bond acceptors (Lipinski definition) is 4. The van der Waals surface area contributed by atoms with Gasteiger partial charge in [0.2, 0.25) is 0 Å². The van der Waals surface area contributed by atoms with Crippen LogP contribution in [0.3, 0.4) is 0 Å². The summed E-state index contributed by atoms with van der Waals surface area (Å²) in [5.41, 5.74) is 6.76. The van der Waals surface area contributed by atoms with Gasteiger partial charge in [0.05, 0.1) is 5.69 Å². The van der Waals surface area contributed by atoms with Gasteiger partial charge < -0.3 is 5.32 Å². The van der Waals surface area contributed by atoms with E-state index in [0.29, 0.717) is 15.6 Å². The van der Waals surface area contributed by atoms with E-state index in [1.807, 2.05) is 30.5 Å². The van der Waals surface area contributed by atoms with Crippen LogP contribution in [0.5, 0.6) is 0 Å². The zero-order valence-corrected chi connectivity index (χ0v) is 16.4. The fraction of sp³-hybridized carbons (Fsp3) is 0.143. The first-order chi connectivity index (χ1) is 12.5. The van der Waals surface area contributed by atoms with Crippen molar-refractivity contribution in [2.45, 2.75) is 20.8 Å². The molecular weight excluding hydrogens is 362 g/mol. The molecule has 0 saturated heterocycles. The van der Waals surface area contributed by atoms with Crippen LogP contribution < -0.4 is 5.32 Å². The number of anilines is 1. The normalized spacial score (nSPS) is 11.3. The Morgan fingerprint density at radius 1 is 1.12 bits per heavy atom. The summed E-state index contributed by atoms with van der Waals surface area (Å²) >= 11 is 7.60. The molecule has 0 atom stereocenters. The number of nitrogens with one attached hydrogen (secondary N) is 1. The number of nitrogens with zero attached hydrogens (tertiary/aromatic N) is 2. The lowest BCUT2D eigenvalue weighted by Crippen LogP contribution is -1.92. The summed E-state index contributed by atoms with van der Waals surface area (Å²) in [7, 11) is 0. The quantitative estimate of drug-likeness (QED) is 0.536. The predicted molar refractivity (Wildman–Crippen MR) is 110 cm³/mol. The minimum Gasteiger partial charge on any atom is -0.360 e. The lowest BCUT2D eigenvalue weighted by molar-refractivity contribution is 1.31. The van der Waals surface area contributed by atoms with E-state index in [2.05, 4.69) is 48.4 Å². The third kappa shape index (κ3) is 3.96. The number of benzene rings is 2. The van der Waals surface area contributed by atoms with Gasteiger partial charge in [-0.05, 0) is 55.7 Å². The van der Waals surface area contributed by atoms with Crippen molar-refractivity contribution in [3.8, 4) is 17.3 Å². The summed E-state index contributed by atoms with van der Waals surface area (Å²) in [5.74, 6) is 0. The van der Waals surface area contributed by atoms with E-state index >= 15 is 0 Å². The molecule has 0 saturated carbocycles. The monoisotopic (exact) mass is 379 g/mol. The first kappa shape index (κ1) is 18.2. The van der Waals surface area contributed by atoms with Gasteiger partial charge in [-0.3, -0.25) is 0 Å². The van der Waals surface area contributed by atoms with E-state index in [-0.39, 0.29) is 0 Å². The number of halogens is 1. The summed E-state index contributed by atoms with van der Waals surface area (Å²) in [6, 6.07) is 14.2. The summed E-state index contributed by atoms with van der Waals surface area (Å²) in [6.07, 6.45) is 1.67. The molecule has 1 aromatic heterocycles. The second-order valence-corrected chi connectivity index (χ2v) is 7.38. The average molecular weight is 380 g/mol. The molecule has 1 N–H and O–H groups in total. The van der Waals surface area contributed by atoms with Crippen LogP contribution >= 0.6 is 22.9 Å². The van der Waals surface area contributed by atoms with Crippen LogP contribution in [0.1, 0.15) is 21.7 Å². The summed E-state index contributed by atoms with van der Waals surface area (Å²) in [6.45, 7) is 6.13. The number of aromatic nitrogens is 1. The maximum Gasteiger partial charge on any atom is 0.136 e. The largest absolute Gasteiger partial charge is 0.360 e. The molecule has 5 heteroatoms. The molecule has 130 valence electrons. The maximum absolute atomic E-state index is 9.50. The topological polar surface area (TPSA) is 48.7 Å². The van der Waals surface area contributed by atoms with Crippen molar-refractivity contribution >= 4 is 34.2 Å². The van der Waals surface area contributed by atoms with Crippen LogP contribution in [0.2, 0.25) is 5.02 Å². The fourth-order valence-corrected chi connectivity index (χ4v) is 3.39. The summed E-state index contributed by atoms with van der Waals surface area (Å²) in [5, 5.41) is 16.0. The Kier molecular flexibility index (Phi) is 5.41. The van der Waals surface area contributed by atoms with Crippen LogP contribution in [-0.4, -0.2) is 4.98 Å². The Morgan fingerprint density at radius 2 is 1.88 bits per heavy atom. The minimum atomic E-state index is 0.488. The smallest absolute Gasteiger partial charge is 0.136 e. The molecule has 0 spiro atoms. The fourth-order valence-electron chi connectivity index (χ4n) is 2.41. The number of rotatable bonds is 4. The van der Waals surface area contributed by atoms with Crippen LogP contribution in [-0.2, 0) is 0 Å². The van der Waals surface area contributed by atoms with Crippen LogP contribution in [0.4, 0.5) is 5.69 Å². The van der Waals surface area contributed by atoms with Crippen LogP contribution in [0, 0.1) is 32.1 Å². The molecule has 0 radical (unpaired) electrons. The molecule has 3 nitrogen and oxygen atoms in total. The standard InChI is InChI=1S/C21H18ClN3S/c1-13-4-6-16(8-15(13)3)20-12-26-21(25-20)17(10-23)11-24-18-7-5-14(2)19(22)9-18/h4-9,11-12,24H,1-3H3. The molecule has 0 aliphatic carbocycles. The van der Waals surface area contributed by atoms with Gasteiger partial charge in [0.1, 0.15) is 16.6 Å². The molecule has 3 aromatic rings. The van der Waals surface area contributed by atoms with Crippen molar-refractivity contribution in [2.24, 2.45) is 0 Å². The molecular formula is C21H18ClN3S. The first-order valence-electron chi connectivity index (χ1n) is 8.14. The highest BCUT2D eigenvalue weighted by Gasteiger charge is 2.10. The number of aryl methyl sites for hydroxylation is 3. The van der Waals surface area contributed by atoms with E-state index in [1.54, 1.807) is 6.20 Å². The van der Waals surface area contributed by atoms with Crippen molar-refractivity contribution in [3.63, 3.8) is 0 Å². The Hall–Kier alpha value is -2.61. The summed E-state index contributed by atoms with van der Waals surface area (Å²) in [4.78, 5) is 4.63. The van der Waals surface area contributed by atoms with Gasteiger partial charge in [0.25, 0.3) is 0 Å². The van der Waals surface area contributed by atoms with Gasteiger partial charge in [-0.2, -0.15) is 5.26 Å². The third-order valence-corrected chi connectivity index (χ3v) is 5.50. The van der Waals surface area contributed by atoms with Crippen molar-refractivity contribution < 1.29 is 0 Å². The van der Waals surface area contributed by atoms with Gasteiger partial charge in [-0.15, -0.1) is 11.3 Å². The van der Waals surface area contributed by atoms with E-state index in [9.17, 15) is 5.26 Å². The van der Waals surface area contributed by atoms with E-state index in [0.717, 1.165) is 22.5 Å². The number of nitriles is 1. The minimum absolute atomic E-state index is 0.488. The first-order valence-corrected chi connectivity index (χ1v) is 9.40. The molecule has 0 bridgehead atoms. The van der Waals surface area contributed by atoms with Gasteiger partial charge in [0.15, 0.2) is 0 Å². The average Bonchev–Trinajstić information content (AvgIpc) is 3.11. The molecule has 3 rings (SSSR count). The zero-order valence-electron chi connectivity index (χ0n) is 14.8. The molecule has 0 unspecified atom stereocenters. The van der Waals surface area contributed by atoms with Crippen molar-refractivity contribution in [1.29, 1.82) is 5.26 Å².